The topological polar surface area (TPSA) is 17.1 Å². The molecule has 0 spiro atoms. The van der Waals surface area contributed by atoms with Crippen molar-refractivity contribution in [3.63, 3.8) is 0 Å². The van der Waals surface area contributed by atoms with E-state index in [0.717, 1.165) is 24.8 Å². The van der Waals surface area contributed by atoms with Gasteiger partial charge in [-0.2, -0.15) is 0 Å². The van der Waals surface area contributed by atoms with Gasteiger partial charge >= 0.3 is 0 Å². The van der Waals surface area contributed by atoms with E-state index in [9.17, 15) is 9.18 Å². The van der Waals surface area contributed by atoms with Crippen molar-refractivity contribution >= 4 is 5.78 Å². The molecule has 78 valence electrons. The highest BCUT2D eigenvalue weighted by Gasteiger charge is 2.15. The smallest absolute Gasteiger partial charge is 0.188 e. The lowest BCUT2D eigenvalue weighted by atomic mass is 10.0. The summed E-state index contributed by atoms with van der Waals surface area (Å²) < 4.78 is 13.0. The normalized spacial score (nSPS) is 15.2. The first-order chi connectivity index (χ1) is 7.18. The van der Waals surface area contributed by atoms with Gasteiger partial charge in [0.15, 0.2) is 5.78 Å². The number of halogens is 1. The van der Waals surface area contributed by atoms with Gasteiger partial charge in [-0.3, -0.25) is 4.79 Å². The van der Waals surface area contributed by atoms with E-state index in [-0.39, 0.29) is 11.6 Å². The van der Waals surface area contributed by atoms with Crippen molar-refractivity contribution in [2.24, 2.45) is 0 Å². The Bertz CT molecular complexity index is 432. The Kier molecular flexibility index (Phi) is 2.67. The molecule has 0 saturated heterocycles. The van der Waals surface area contributed by atoms with Gasteiger partial charge in [-0.25, -0.2) is 4.39 Å². The molecule has 0 unspecified atom stereocenters. The lowest BCUT2D eigenvalue weighted by molar-refractivity contribution is 0.103. The van der Waals surface area contributed by atoms with Crippen LogP contribution in [0.1, 0.15) is 35.2 Å². The van der Waals surface area contributed by atoms with Crippen molar-refractivity contribution in [3.05, 3.63) is 46.8 Å². The predicted octanol–water partition coefficient (Wildman–Crippen LogP) is 3.43. The van der Waals surface area contributed by atoms with Gasteiger partial charge in [0.05, 0.1) is 0 Å². The van der Waals surface area contributed by atoms with Crippen LogP contribution in [-0.4, -0.2) is 5.78 Å². The minimum absolute atomic E-state index is 0.0515. The zero-order chi connectivity index (χ0) is 10.8. The Balaban J connectivity index is 2.29. The predicted molar refractivity (Wildman–Crippen MR) is 57.4 cm³/mol. The third-order valence-corrected chi connectivity index (χ3v) is 2.75. The fraction of sp³-hybridized carbons (Fsp3) is 0.308. The third kappa shape index (κ3) is 1.99. The van der Waals surface area contributed by atoms with Crippen molar-refractivity contribution in [1.29, 1.82) is 0 Å². The summed E-state index contributed by atoms with van der Waals surface area (Å²) in [6, 6.07) is 4.54. The van der Waals surface area contributed by atoms with Crippen LogP contribution in [0.3, 0.4) is 0 Å². The average molecular weight is 204 g/mol. The molecule has 0 radical (unpaired) electrons. The minimum Gasteiger partial charge on any atom is -0.289 e. The van der Waals surface area contributed by atoms with Crippen molar-refractivity contribution in [3.8, 4) is 0 Å². The molecule has 1 aliphatic rings. The van der Waals surface area contributed by atoms with Crippen molar-refractivity contribution in [1.82, 2.24) is 0 Å². The molecule has 2 rings (SSSR count). The van der Waals surface area contributed by atoms with Gasteiger partial charge < -0.3 is 0 Å². The van der Waals surface area contributed by atoms with Crippen LogP contribution in [-0.2, 0) is 0 Å². The zero-order valence-electron chi connectivity index (χ0n) is 8.72. The quantitative estimate of drug-likeness (QED) is 0.674. The molecule has 0 heterocycles. The molecule has 1 aromatic carbocycles. The van der Waals surface area contributed by atoms with E-state index in [1.54, 1.807) is 19.1 Å². The lowest BCUT2D eigenvalue weighted by Gasteiger charge is -2.03. The molecule has 0 aliphatic heterocycles. The monoisotopic (exact) mass is 204 g/mol. The fourth-order valence-electron chi connectivity index (χ4n) is 1.85. The summed E-state index contributed by atoms with van der Waals surface area (Å²) in [6.45, 7) is 1.68. The molecule has 0 aromatic heterocycles. The molecule has 0 N–H and O–H groups in total. The van der Waals surface area contributed by atoms with E-state index in [0.29, 0.717) is 11.1 Å². The molecule has 0 atom stereocenters. The second-order valence-corrected chi connectivity index (χ2v) is 3.91. The standard InChI is InChI=1S/C13H13FO/c1-9-8-11(6-7-12(9)14)13(15)10-4-2-3-5-10/h4,6-8H,2-3,5H2,1H3. The second kappa shape index (κ2) is 3.97. The number of benzene rings is 1. The minimum atomic E-state index is -0.257. The molecule has 15 heavy (non-hydrogen) atoms. The molecule has 0 amide bonds. The number of allylic oxidation sites excluding steroid dienone is 2. The highest BCUT2D eigenvalue weighted by molar-refractivity contribution is 6.08. The third-order valence-electron chi connectivity index (χ3n) is 2.75. The maximum absolute atomic E-state index is 13.0. The van der Waals surface area contributed by atoms with Crippen LogP contribution in [0.15, 0.2) is 29.8 Å². The van der Waals surface area contributed by atoms with Crippen molar-refractivity contribution < 1.29 is 9.18 Å². The summed E-state index contributed by atoms with van der Waals surface area (Å²) in [5.41, 5.74) is 2.00. The van der Waals surface area contributed by atoms with Crippen LogP contribution in [0.25, 0.3) is 0 Å². The summed E-state index contributed by atoms with van der Waals surface area (Å²) in [6.07, 6.45) is 4.89. The molecule has 2 heteroatoms. The number of carbonyl (C=O) groups excluding carboxylic acids is 1. The van der Waals surface area contributed by atoms with Crippen LogP contribution in [0.4, 0.5) is 4.39 Å². The number of Topliss-reactive ketones (excluding diaryl/α,β-unsaturated/α-hetero) is 1. The molecular weight excluding hydrogens is 191 g/mol. The van der Waals surface area contributed by atoms with E-state index in [4.69, 9.17) is 0 Å². The first kappa shape index (κ1) is 10.1. The number of carbonyl (C=O) groups is 1. The fourth-order valence-corrected chi connectivity index (χ4v) is 1.85. The molecule has 1 nitrogen and oxygen atoms in total. The molecule has 0 bridgehead atoms. The van der Waals surface area contributed by atoms with E-state index in [1.165, 1.54) is 6.07 Å². The van der Waals surface area contributed by atoms with Gasteiger partial charge in [-0.15, -0.1) is 0 Å². The van der Waals surface area contributed by atoms with Crippen LogP contribution in [0, 0.1) is 12.7 Å². The Morgan fingerprint density at radius 2 is 2.20 bits per heavy atom. The van der Waals surface area contributed by atoms with Gasteiger partial charge in [0.2, 0.25) is 0 Å². The van der Waals surface area contributed by atoms with E-state index in [2.05, 4.69) is 0 Å². The number of ketones is 1. The van der Waals surface area contributed by atoms with Crippen molar-refractivity contribution in [2.45, 2.75) is 26.2 Å². The maximum Gasteiger partial charge on any atom is 0.188 e. The molecule has 1 aromatic rings. The summed E-state index contributed by atoms with van der Waals surface area (Å²) >= 11 is 0. The Morgan fingerprint density at radius 1 is 1.40 bits per heavy atom. The van der Waals surface area contributed by atoms with Crippen LogP contribution in [0.5, 0.6) is 0 Å². The van der Waals surface area contributed by atoms with E-state index in [1.807, 2.05) is 6.08 Å². The van der Waals surface area contributed by atoms with Gasteiger partial charge in [0.25, 0.3) is 0 Å². The zero-order valence-corrected chi connectivity index (χ0v) is 8.72. The average Bonchev–Trinajstić information content (AvgIpc) is 2.74. The Morgan fingerprint density at radius 3 is 2.80 bits per heavy atom. The SMILES string of the molecule is Cc1cc(C(=O)C2=CCCC2)ccc1F. The first-order valence-corrected chi connectivity index (χ1v) is 5.18. The summed E-state index contributed by atoms with van der Waals surface area (Å²) in [5, 5.41) is 0. The summed E-state index contributed by atoms with van der Waals surface area (Å²) in [5.74, 6) is -0.206. The Hall–Kier alpha value is -1.44. The van der Waals surface area contributed by atoms with E-state index >= 15 is 0 Å². The van der Waals surface area contributed by atoms with Gasteiger partial charge in [-0.05, 0) is 55.5 Å². The number of aryl methyl sites for hydroxylation is 1. The van der Waals surface area contributed by atoms with Crippen LogP contribution < -0.4 is 0 Å². The molecular formula is C13H13FO. The van der Waals surface area contributed by atoms with Gasteiger partial charge in [0, 0.05) is 5.56 Å². The first-order valence-electron chi connectivity index (χ1n) is 5.18. The number of rotatable bonds is 2. The molecule has 0 saturated carbocycles. The highest BCUT2D eigenvalue weighted by Crippen LogP contribution is 2.22. The van der Waals surface area contributed by atoms with E-state index < -0.39 is 0 Å². The summed E-state index contributed by atoms with van der Waals surface area (Å²) in [7, 11) is 0. The Labute approximate surface area is 88.6 Å². The molecule has 1 aliphatic carbocycles. The number of hydrogen-bond donors (Lipinski definition) is 0. The van der Waals surface area contributed by atoms with Crippen LogP contribution in [0.2, 0.25) is 0 Å². The van der Waals surface area contributed by atoms with Crippen molar-refractivity contribution in [2.75, 3.05) is 0 Å². The highest BCUT2D eigenvalue weighted by atomic mass is 19.1. The largest absolute Gasteiger partial charge is 0.289 e. The summed E-state index contributed by atoms with van der Waals surface area (Å²) in [4.78, 5) is 11.9. The second-order valence-electron chi connectivity index (χ2n) is 3.91. The number of hydrogen-bond acceptors (Lipinski definition) is 1. The van der Waals surface area contributed by atoms with Gasteiger partial charge in [-0.1, -0.05) is 6.08 Å². The lowest BCUT2D eigenvalue weighted by Crippen LogP contribution is -2.02. The van der Waals surface area contributed by atoms with Gasteiger partial charge in [0.1, 0.15) is 5.82 Å². The maximum atomic E-state index is 13.0. The molecule has 0 fully saturated rings. The van der Waals surface area contributed by atoms with Crippen LogP contribution >= 0.6 is 0 Å².